The van der Waals surface area contributed by atoms with Crippen molar-refractivity contribution in [2.75, 3.05) is 32.7 Å². The lowest BCUT2D eigenvalue weighted by Gasteiger charge is -2.38. The number of likely N-dealkylation sites (tertiary alicyclic amines) is 1. The molecule has 2 saturated heterocycles. The van der Waals surface area contributed by atoms with Gasteiger partial charge in [0.05, 0.1) is 18.8 Å². The monoisotopic (exact) mass is 347 g/mol. The number of carbonyl (C=O) groups excluding carboxylic acids is 2. The van der Waals surface area contributed by atoms with Crippen molar-refractivity contribution in [1.29, 1.82) is 0 Å². The molecule has 7 heteroatoms. The minimum absolute atomic E-state index is 0.0919. The van der Waals surface area contributed by atoms with E-state index in [1.165, 1.54) is 0 Å². The maximum atomic E-state index is 12.9. The molecule has 0 radical (unpaired) electrons. The van der Waals surface area contributed by atoms with Gasteiger partial charge < -0.3 is 9.80 Å². The fraction of sp³-hybridized carbons (Fsp3) is 0.722. The van der Waals surface area contributed by atoms with Gasteiger partial charge in [0.15, 0.2) is 0 Å². The number of amides is 2. The van der Waals surface area contributed by atoms with Crippen molar-refractivity contribution in [2.24, 2.45) is 0 Å². The van der Waals surface area contributed by atoms with Gasteiger partial charge in [0.1, 0.15) is 0 Å². The molecule has 0 aliphatic carbocycles. The van der Waals surface area contributed by atoms with Gasteiger partial charge in [0, 0.05) is 45.3 Å². The zero-order chi connectivity index (χ0) is 18.0. The Labute approximate surface area is 149 Å². The smallest absolute Gasteiger partial charge is 0.239 e. The third-order valence-corrected chi connectivity index (χ3v) is 5.47. The zero-order valence-corrected chi connectivity index (χ0v) is 15.5. The molecule has 3 heterocycles. The summed E-state index contributed by atoms with van der Waals surface area (Å²) in [4.78, 5) is 30.4. The summed E-state index contributed by atoms with van der Waals surface area (Å²) >= 11 is 0. The Bertz CT molecular complexity index is 621. The van der Waals surface area contributed by atoms with Crippen LogP contribution in [0.1, 0.15) is 32.3 Å². The highest BCUT2D eigenvalue weighted by Crippen LogP contribution is 2.23. The van der Waals surface area contributed by atoms with Crippen LogP contribution >= 0.6 is 0 Å². The van der Waals surface area contributed by atoms with E-state index in [0.29, 0.717) is 32.2 Å². The Balaban J connectivity index is 1.58. The van der Waals surface area contributed by atoms with Crippen molar-refractivity contribution in [2.45, 2.75) is 52.2 Å². The SMILES string of the molecule is CC(=O)N1CCN(C(=O)[C@H](C)N2CCC[C@H]2Cn2cc(C)cn2)CC1. The van der Waals surface area contributed by atoms with Gasteiger partial charge >= 0.3 is 0 Å². The predicted molar refractivity (Wildman–Crippen MR) is 95.0 cm³/mol. The lowest BCUT2D eigenvalue weighted by molar-refractivity contribution is -0.142. The van der Waals surface area contributed by atoms with Crippen molar-refractivity contribution < 1.29 is 9.59 Å². The molecule has 0 N–H and O–H groups in total. The van der Waals surface area contributed by atoms with E-state index in [-0.39, 0.29) is 17.9 Å². The summed E-state index contributed by atoms with van der Waals surface area (Å²) in [5.41, 5.74) is 1.16. The first-order valence-corrected chi connectivity index (χ1v) is 9.25. The highest BCUT2D eigenvalue weighted by atomic mass is 16.2. The molecule has 3 rings (SSSR count). The summed E-state index contributed by atoms with van der Waals surface area (Å²) in [6.45, 7) is 10.0. The average molecular weight is 347 g/mol. The van der Waals surface area contributed by atoms with Crippen molar-refractivity contribution in [3.8, 4) is 0 Å². The van der Waals surface area contributed by atoms with Crippen LogP contribution in [0.25, 0.3) is 0 Å². The Kier molecular flexibility index (Phi) is 5.42. The number of carbonyl (C=O) groups is 2. The van der Waals surface area contributed by atoms with Crippen LogP contribution in [-0.4, -0.2) is 81.1 Å². The molecule has 2 atom stereocenters. The highest BCUT2D eigenvalue weighted by Gasteiger charge is 2.35. The first kappa shape index (κ1) is 17.9. The molecule has 1 aromatic rings. The summed E-state index contributed by atoms with van der Waals surface area (Å²) in [7, 11) is 0. The summed E-state index contributed by atoms with van der Waals surface area (Å²) in [6, 6.07) is 0.241. The number of rotatable bonds is 4. The number of nitrogens with zero attached hydrogens (tertiary/aromatic N) is 5. The molecule has 2 fully saturated rings. The van der Waals surface area contributed by atoms with E-state index < -0.39 is 0 Å². The first-order valence-electron chi connectivity index (χ1n) is 9.25. The van der Waals surface area contributed by atoms with Crippen LogP contribution in [0.15, 0.2) is 12.4 Å². The molecule has 0 bridgehead atoms. The van der Waals surface area contributed by atoms with E-state index in [0.717, 1.165) is 31.5 Å². The minimum Gasteiger partial charge on any atom is -0.339 e. The average Bonchev–Trinajstić information content (AvgIpc) is 3.23. The molecule has 1 aromatic heterocycles. The second-order valence-electron chi connectivity index (χ2n) is 7.28. The van der Waals surface area contributed by atoms with Crippen LogP contribution in [0.2, 0.25) is 0 Å². The van der Waals surface area contributed by atoms with E-state index in [1.807, 2.05) is 34.5 Å². The Morgan fingerprint density at radius 1 is 1.20 bits per heavy atom. The van der Waals surface area contributed by atoms with Crippen LogP contribution in [-0.2, 0) is 16.1 Å². The van der Waals surface area contributed by atoms with Gasteiger partial charge in [-0.3, -0.25) is 19.2 Å². The van der Waals surface area contributed by atoms with Gasteiger partial charge in [-0.2, -0.15) is 5.10 Å². The maximum Gasteiger partial charge on any atom is 0.239 e. The molecule has 7 nitrogen and oxygen atoms in total. The van der Waals surface area contributed by atoms with Crippen LogP contribution in [0, 0.1) is 6.92 Å². The van der Waals surface area contributed by atoms with E-state index >= 15 is 0 Å². The number of hydrogen-bond acceptors (Lipinski definition) is 4. The van der Waals surface area contributed by atoms with E-state index in [9.17, 15) is 9.59 Å². The zero-order valence-electron chi connectivity index (χ0n) is 15.5. The molecule has 0 unspecified atom stereocenters. The van der Waals surface area contributed by atoms with Crippen LogP contribution in [0.5, 0.6) is 0 Å². The molecular weight excluding hydrogens is 318 g/mol. The van der Waals surface area contributed by atoms with Crippen LogP contribution in [0.3, 0.4) is 0 Å². The Morgan fingerprint density at radius 2 is 1.88 bits per heavy atom. The topological polar surface area (TPSA) is 61.7 Å². The van der Waals surface area contributed by atoms with Crippen molar-refractivity contribution in [3.05, 3.63) is 18.0 Å². The highest BCUT2D eigenvalue weighted by molar-refractivity contribution is 5.82. The molecule has 0 aromatic carbocycles. The summed E-state index contributed by atoms with van der Waals surface area (Å²) in [5, 5.41) is 4.39. The number of piperazine rings is 1. The second kappa shape index (κ2) is 7.56. The minimum atomic E-state index is -0.118. The number of aromatic nitrogens is 2. The fourth-order valence-corrected chi connectivity index (χ4v) is 3.99. The lowest BCUT2D eigenvalue weighted by atomic mass is 10.1. The third-order valence-electron chi connectivity index (χ3n) is 5.47. The Hall–Kier alpha value is -1.89. The van der Waals surface area contributed by atoms with Crippen molar-refractivity contribution in [1.82, 2.24) is 24.5 Å². The Morgan fingerprint density at radius 3 is 2.48 bits per heavy atom. The summed E-state index contributed by atoms with van der Waals surface area (Å²) in [5.74, 6) is 0.279. The number of hydrogen-bond donors (Lipinski definition) is 0. The van der Waals surface area contributed by atoms with Crippen molar-refractivity contribution in [3.63, 3.8) is 0 Å². The third kappa shape index (κ3) is 4.03. The quantitative estimate of drug-likeness (QED) is 0.806. The molecule has 0 saturated carbocycles. The number of aryl methyl sites for hydroxylation is 1. The van der Waals surface area contributed by atoms with Crippen LogP contribution in [0.4, 0.5) is 0 Å². The summed E-state index contributed by atoms with van der Waals surface area (Å²) in [6.07, 6.45) is 6.17. The lowest BCUT2D eigenvalue weighted by Crippen LogP contribution is -2.55. The molecule has 2 amide bonds. The van der Waals surface area contributed by atoms with Gasteiger partial charge in [-0.25, -0.2) is 0 Å². The predicted octanol–water partition coefficient (Wildman–Crippen LogP) is 0.735. The molecule has 2 aliphatic rings. The summed E-state index contributed by atoms with van der Waals surface area (Å²) < 4.78 is 1.99. The van der Waals surface area contributed by atoms with Gasteiger partial charge in [0.25, 0.3) is 0 Å². The standard InChI is InChI=1S/C18H29N5O2/c1-14-11-19-22(12-14)13-17-5-4-6-23(17)15(2)18(25)21-9-7-20(8-10-21)16(3)24/h11-12,15,17H,4-10,13H2,1-3H3/t15-,17-/m0/s1. The fourth-order valence-electron chi connectivity index (χ4n) is 3.99. The van der Waals surface area contributed by atoms with Gasteiger partial charge in [-0.1, -0.05) is 0 Å². The van der Waals surface area contributed by atoms with Crippen molar-refractivity contribution >= 4 is 11.8 Å². The van der Waals surface area contributed by atoms with Gasteiger partial charge in [0.2, 0.25) is 11.8 Å². The molecule has 2 aliphatic heterocycles. The second-order valence-corrected chi connectivity index (χ2v) is 7.28. The molecule has 25 heavy (non-hydrogen) atoms. The molecular formula is C18H29N5O2. The maximum absolute atomic E-state index is 12.9. The molecule has 0 spiro atoms. The first-order chi connectivity index (χ1) is 12.0. The molecule has 138 valence electrons. The normalized spacial score (nSPS) is 23.1. The van der Waals surface area contributed by atoms with E-state index in [1.54, 1.807) is 6.92 Å². The largest absolute Gasteiger partial charge is 0.339 e. The van der Waals surface area contributed by atoms with Gasteiger partial charge in [-0.15, -0.1) is 0 Å². The van der Waals surface area contributed by atoms with Gasteiger partial charge in [-0.05, 0) is 38.8 Å². The van der Waals surface area contributed by atoms with E-state index in [4.69, 9.17) is 0 Å². The van der Waals surface area contributed by atoms with E-state index in [2.05, 4.69) is 16.2 Å². The van der Waals surface area contributed by atoms with Crippen LogP contribution < -0.4 is 0 Å².